The van der Waals surface area contributed by atoms with Crippen LogP contribution in [0.1, 0.15) is 18.9 Å². The molecule has 1 aliphatic heterocycles. The SMILES string of the molecule is CC1(c2ccc(Cl)cc2)CCO1. The first-order chi connectivity index (χ1) is 5.71. The van der Waals surface area contributed by atoms with Crippen molar-refractivity contribution < 1.29 is 4.74 Å². The Bertz CT molecular complexity index is 274. The number of ether oxygens (including phenoxy) is 1. The molecule has 1 saturated heterocycles. The average Bonchev–Trinajstić information content (AvgIpc) is 2.02. The molecule has 2 rings (SSSR count). The van der Waals surface area contributed by atoms with E-state index in [0.717, 1.165) is 18.1 Å². The van der Waals surface area contributed by atoms with Gasteiger partial charge in [-0.15, -0.1) is 0 Å². The summed E-state index contributed by atoms with van der Waals surface area (Å²) in [5.41, 5.74) is 1.17. The number of benzene rings is 1. The van der Waals surface area contributed by atoms with E-state index >= 15 is 0 Å². The Hall–Kier alpha value is -0.530. The molecule has 0 radical (unpaired) electrons. The van der Waals surface area contributed by atoms with E-state index in [4.69, 9.17) is 16.3 Å². The van der Waals surface area contributed by atoms with Gasteiger partial charge in [-0.25, -0.2) is 0 Å². The van der Waals surface area contributed by atoms with Crippen molar-refractivity contribution in [3.8, 4) is 0 Å². The lowest BCUT2D eigenvalue weighted by atomic mass is 9.89. The van der Waals surface area contributed by atoms with Gasteiger partial charge in [-0.1, -0.05) is 23.7 Å². The second kappa shape index (κ2) is 2.75. The number of hydrogen-bond acceptors (Lipinski definition) is 1. The third-order valence-electron chi connectivity index (χ3n) is 2.45. The topological polar surface area (TPSA) is 9.23 Å². The quantitative estimate of drug-likeness (QED) is 0.649. The van der Waals surface area contributed by atoms with Crippen molar-refractivity contribution >= 4 is 11.6 Å². The van der Waals surface area contributed by atoms with Gasteiger partial charge in [-0.05, 0) is 24.6 Å². The highest BCUT2D eigenvalue weighted by atomic mass is 35.5. The van der Waals surface area contributed by atoms with Crippen LogP contribution in [0, 0.1) is 0 Å². The fourth-order valence-electron chi connectivity index (χ4n) is 1.44. The van der Waals surface area contributed by atoms with Gasteiger partial charge in [0.15, 0.2) is 0 Å². The predicted octanol–water partition coefficient (Wildman–Crippen LogP) is 2.98. The van der Waals surface area contributed by atoms with Crippen molar-refractivity contribution in [3.05, 3.63) is 34.9 Å². The normalized spacial score (nSPS) is 28.2. The van der Waals surface area contributed by atoms with Crippen molar-refractivity contribution in [2.75, 3.05) is 6.61 Å². The summed E-state index contributed by atoms with van der Waals surface area (Å²) >= 11 is 5.78. The van der Waals surface area contributed by atoms with E-state index in [2.05, 4.69) is 6.92 Å². The van der Waals surface area contributed by atoms with Crippen LogP contribution >= 0.6 is 11.6 Å². The van der Waals surface area contributed by atoms with Gasteiger partial charge in [0.1, 0.15) is 0 Å². The molecule has 0 N–H and O–H groups in total. The van der Waals surface area contributed by atoms with E-state index in [1.54, 1.807) is 0 Å². The summed E-state index contributed by atoms with van der Waals surface area (Å²) in [4.78, 5) is 0. The fourth-order valence-corrected chi connectivity index (χ4v) is 1.56. The van der Waals surface area contributed by atoms with Crippen LogP contribution < -0.4 is 0 Å². The van der Waals surface area contributed by atoms with Crippen LogP contribution in [0.5, 0.6) is 0 Å². The van der Waals surface area contributed by atoms with Gasteiger partial charge in [0, 0.05) is 11.4 Å². The third kappa shape index (κ3) is 1.23. The largest absolute Gasteiger partial charge is 0.370 e. The summed E-state index contributed by atoms with van der Waals surface area (Å²) in [6.45, 7) is 2.98. The van der Waals surface area contributed by atoms with Crippen LogP contribution in [0.3, 0.4) is 0 Å². The van der Waals surface area contributed by atoms with Crippen LogP contribution in [-0.4, -0.2) is 6.61 Å². The van der Waals surface area contributed by atoms with Crippen LogP contribution in [0.15, 0.2) is 24.3 Å². The highest BCUT2D eigenvalue weighted by Crippen LogP contribution is 2.36. The average molecular weight is 183 g/mol. The Morgan fingerprint density at radius 3 is 2.33 bits per heavy atom. The minimum absolute atomic E-state index is 0.0510. The van der Waals surface area contributed by atoms with Crippen LogP contribution in [0.25, 0.3) is 0 Å². The molecule has 1 fully saturated rings. The third-order valence-corrected chi connectivity index (χ3v) is 2.71. The standard InChI is InChI=1S/C10H11ClO/c1-10(6-7-12-10)8-2-4-9(11)5-3-8/h2-5H,6-7H2,1H3. The van der Waals surface area contributed by atoms with Gasteiger partial charge in [-0.3, -0.25) is 0 Å². The Kier molecular flexibility index (Phi) is 1.85. The Labute approximate surface area is 77.3 Å². The number of rotatable bonds is 1. The first kappa shape index (κ1) is 8.09. The maximum Gasteiger partial charge on any atom is 0.0925 e. The van der Waals surface area contributed by atoms with Crippen molar-refractivity contribution in [2.24, 2.45) is 0 Å². The summed E-state index contributed by atoms with van der Waals surface area (Å²) in [5, 5.41) is 0.779. The molecule has 0 spiro atoms. The van der Waals surface area contributed by atoms with Crippen LogP contribution in [0.4, 0.5) is 0 Å². The molecule has 1 aromatic carbocycles. The van der Waals surface area contributed by atoms with Crippen molar-refractivity contribution in [1.82, 2.24) is 0 Å². The zero-order valence-electron chi connectivity index (χ0n) is 7.01. The molecular weight excluding hydrogens is 172 g/mol. The minimum Gasteiger partial charge on any atom is -0.370 e. The molecular formula is C10H11ClO. The maximum atomic E-state index is 5.78. The van der Waals surface area contributed by atoms with Gasteiger partial charge in [0.05, 0.1) is 12.2 Å². The van der Waals surface area contributed by atoms with Gasteiger partial charge in [-0.2, -0.15) is 0 Å². The minimum atomic E-state index is -0.0510. The summed E-state index contributed by atoms with van der Waals surface area (Å²) in [6.07, 6.45) is 1.11. The lowest BCUT2D eigenvalue weighted by Gasteiger charge is -2.39. The highest BCUT2D eigenvalue weighted by molar-refractivity contribution is 6.30. The zero-order chi connectivity index (χ0) is 8.60. The summed E-state index contributed by atoms with van der Waals surface area (Å²) in [6, 6.07) is 7.87. The summed E-state index contributed by atoms with van der Waals surface area (Å²) in [5.74, 6) is 0. The molecule has 1 unspecified atom stereocenters. The molecule has 0 amide bonds. The molecule has 1 nitrogen and oxygen atoms in total. The molecule has 0 aromatic heterocycles. The van der Waals surface area contributed by atoms with Crippen molar-refractivity contribution in [1.29, 1.82) is 0 Å². The van der Waals surface area contributed by atoms with Crippen LogP contribution in [0.2, 0.25) is 5.02 Å². The van der Waals surface area contributed by atoms with Crippen LogP contribution in [-0.2, 0) is 10.3 Å². The highest BCUT2D eigenvalue weighted by Gasteiger charge is 2.34. The van der Waals surface area contributed by atoms with E-state index in [1.165, 1.54) is 5.56 Å². The van der Waals surface area contributed by atoms with E-state index in [0.29, 0.717) is 0 Å². The predicted molar refractivity (Wildman–Crippen MR) is 49.4 cm³/mol. The molecule has 0 aliphatic carbocycles. The molecule has 1 aliphatic rings. The lowest BCUT2D eigenvalue weighted by Crippen LogP contribution is -2.37. The molecule has 1 atom stereocenters. The van der Waals surface area contributed by atoms with E-state index in [1.807, 2.05) is 24.3 Å². The van der Waals surface area contributed by atoms with E-state index in [9.17, 15) is 0 Å². The molecule has 12 heavy (non-hydrogen) atoms. The molecule has 0 bridgehead atoms. The maximum absolute atomic E-state index is 5.78. The Morgan fingerprint density at radius 2 is 1.92 bits per heavy atom. The summed E-state index contributed by atoms with van der Waals surface area (Å²) in [7, 11) is 0. The van der Waals surface area contributed by atoms with E-state index < -0.39 is 0 Å². The van der Waals surface area contributed by atoms with Crippen molar-refractivity contribution in [2.45, 2.75) is 18.9 Å². The van der Waals surface area contributed by atoms with Gasteiger partial charge < -0.3 is 4.74 Å². The van der Waals surface area contributed by atoms with Gasteiger partial charge in [0.2, 0.25) is 0 Å². The van der Waals surface area contributed by atoms with Gasteiger partial charge in [0.25, 0.3) is 0 Å². The smallest absolute Gasteiger partial charge is 0.0925 e. The fraction of sp³-hybridized carbons (Fsp3) is 0.400. The van der Waals surface area contributed by atoms with E-state index in [-0.39, 0.29) is 5.60 Å². The monoisotopic (exact) mass is 182 g/mol. The lowest BCUT2D eigenvalue weighted by molar-refractivity contribution is -0.140. The number of halogens is 1. The number of hydrogen-bond donors (Lipinski definition) is 0. The first-order valence-electron chi connectivity index (χ1n) is 4.11. The Balaban J connectivity index is 2.28. The van der Waals surface area contributed by atoms with Crippen molar-refractivity contribution in [3.63, 3.8) is 0 Å². The second-order valence-corrected chi connectivity index (χ2v) is 3.77. The Morgan fingerprint density at radius 1 is 1.33 bits per heavy atom. The first-order valence-corrected chi connectivity index (χ1v) is 4.48. The second-order valence-electron chi connectivity index (χ2n) is 3.34. The molecule has 1 aromatic rings. The molecule has 1 heterocycles. The molecule has 64 valence electrons. The van der Waals surface area contributed by atoms with Gasteiger partial charge >= 0.3 is 0 Å². The molecule has 2 heteroatoms. The molecule has 0 saturated carbocycles. The summed E-state index contributed by atoms with van der Waals surface area (Å²) < 4.78 is 5.50. The zero-order valence-corrected chi connectivity index (χ0v) is 7.77.